The van der Waals surface area contributed by atoms with Gasteiger partial charge in [-0.1, -0.05) is 12.1 Å². The summed E-state index contributed by atoms with van der Waals surface area (Å²) in [6, 6.07) is 6.06. The van der Waals surface area contributed by atoms with Crippen LogP contribution in [0.2, 0.25) is 0 Å². The molecule has 0 aromatic heterocycles. The van der Waals surface area contributed by atoms with E-state index < -0.39 is 23.5 Å². The maximum absolute atomic E-state index is 14.2. The highest BCUT2D eigenvalue weighted by Gasteiger charge is 2.41. The lowest BCUT2D eigenvalue weighted by Crippen LogP contribution is -2.40. The quantitative estimate of drug-likeness (QED) is 0.661. The lowest BCUT2D eigenvalue weighted by atomic mass is 10.0. The van der Waals surface area contributed by atoms with Crippen molar-refractivity contribution < 1.29 is 22.4 Å². The Morgan fingerprint density at radius 2 is 2.10 bits per heavy atom. The molecular weight excluding hydrogens is 308 g/mol. The summed E-state index contributed by atoms with van der Waals surface area (Å²) in [4.78, 5) is 12.2. The minimum absolute atomic E-state index is 0.0523. The number of carbonyl (C=O) groups excluding carboxylic acids is 1. The van der Waals surface area contributed by atoms with Crippen LogP contribution in [0.1, 0.15) is 6.42 Å². The first-order chi connectivity index (χ1) is 9.80. The van der Waals surface area contributed by atoms with Crippen LogP contribution in [-0.4, -0.2) is 36.6 Å². The van der Waals surface area contributed by atoms with Crippen molar-refractivity contribution in [1.29, 1.82) is 0 Å². The highest BCUT2D eigenvalue weighted by Crippen LogP contribution is 2.33. The van der Waals surface area contributed by atoms with Crippen LogP contribution in [0.15, 0.2) is 29.2 Å². The molecule has 0 bridgehead atoms. The van der Waals surface area contributed by atoms with Crippen LogP contribution in [0, 0.1) is 0 Å². The van der Waals surface area contributed by atoms with Gasteiger partial charge in [-0.3, -0.25) is 4.79 Å². The third-order valence-electron chi connectivity index (χ3n) is 3.04. The van der Waals surface area contributed by atoms with Gasteiger partial charge in [-0.15, -0.1) is 11.8 Å². The molecule has 21 heavy (non-hydrogen) atoms. The van der Waals surface area contributed by atoms with Gasteiger partial charge in [-0.25, -0.2) is 4.39 Å². The molecule has 1 amide bonds. The zero-order valence-corrected chi connectivity index (χ0v) is 11.8. The number of alkyl halides is 4. The Bertz CT molecular complexity index is 515. The minimum atomic E-state index is -4.31. The standard InChI is InChI=1S/C13H14F4N2OS/c14-12(5-6-18-7-12)11(20)19-9-3-1-2-4-10(9)21-8-13(15,16)17/h1-4,18H,5-8H2,(H,19,20)/t12-/m0/s1. The van der Waals surface area contributed by atoms with E-state index in [2.05, 4.69) is 10.6 Å². The van der Waals surface area contributed by atoms with Crippen molar-refractivity contribution in [2.45, 2.75) is 23.2 Å². The van der Waals surface area contributed by atoms with Crippen LogP contribution >= 0.6 is 11.8 Å². The largest absolute Gasteiger partial charge is 0.398 e. The molecule has 0 saturated carbocycles. The van der Waals surface area contributed by atoms with Crippen LogP contribution in [0.5, 0.6) is 0 Å². The van der Waals surface area contributed by atoms with Crippen LogP contribution < -0.4 is 10.6 Å². The summed E-state index contributed by atoms with van der Waals surface area (Å²) < 4.78 is 51.0. The third-order valence-corrected chi connectivity index (χ3v) is 4.18. The maximum atomic E-state index is 14.2. The number of amides is 1. The fourth-order valence-electron chi connectivity index (χ4n) is 1.94. The first kappa shape index (κ1) is 16.1. The van der Waals surface area contributed by atoms with Crippen LogP contribution in [0.25, 0.3) is 0 Å². The summed E-state index contributed by atoms with van der Waals surface area (Å²) in [7, 11) is 0. The van der Waals surface area contributed by atoms with E-state index >= 15 is 0 Å². The van der Waals surface area contributed by atoms with Crippen molar-refractivity contribution in [2.75, 3.05) is 24.2 Å². The van der Waals surface area contributed by atoms with Gasteiger partial charge in [-0.05, 0) is 18.7 Å². The predicted molar refractivity (Wildman–Crippen MR) is 73.2 cm³/mol. The van der Waals surface area contributed by atoms with Gasteiger partial charge in [0.1, 0.15) is 0 Å². The number of rotatable bonds is 4. The van der Waals surface area contributed by atoms with Gasteiger partial charge >= 0.3 is 6.18 Å². The first-order valence-corrected chi connectivity index (χ1v) is 7.28. The summed E-state index contributed by atoms with van der Waals surface area (Å²) in [5.41, 5.74) is -1.82. The predicted octanol–water partition coefficient (Wildman–Crippen LogP) is 2.98. The lowest BCUT2D eigenvalue weighted by Gasteiger charge is -2.19. The van der Waals surface area contributed by atoms with E-state index in [0.717, 1.165) is 0 Å². The highest BCUT2D eigenvalue weighted by molar-refractivity contribution is 7.99. The molecule has 1 saturated heterocycles. The minimum Gasteiger partial charge on any atom is -0.322 e. The van der Waals surface area contributed by atoms with E-state index in [1.54, 1.807) is 12.1 Å². The molecule has 116 valence electrons. The number of hydrogen-bond donors (Lipinski definition) is 2. The fraction of sp³-hybridized carbons (Fsp3) is 0.462. The van der Waals surface area contributed by atoms with E-state index in [9.17, 15) is 22.4 Å². The zero-order chi connectivity index (χ0) is 15.5. The molecule has 1 aliphatic heterocycles. The van der Waals surface area contributed by atoms with Gasteiger partial charge in [0.25, 0.3) is 5.91 Å². The van der Waals surface area contributed by atoms with Gasteiger partial charge in [0.2, 0.25) is 5.67 Å². The van der Waals surface area contributed by atoms with Crippen molar-refractivity contribution in [3.63, 3.8) is 0 Å². The molecule has 1 atom stereocenters. The maximum Gasteiger partial charge on any atom is 0.398 e. The molecule has 0 unspecified atom stereocenters. The summed E-state index contributed by atoms with van der Waals surface area (Å²) in [6.45, 7) is 0.311. The van der Waals surface area contributed by atoms with Crippen molar-refractivity contribution >= 4 is 23.4 Å². The Morgan fingerprint density at radius 3 is 2.71 bits per heavy atom. The third kappa shape index (κ3) is 4.34. The molecule has 0 spiro atoms. The summed E-state index contributed by atoms with van der Waals surface area (Å²) in [5.74, 6) is -1.89. The monoisotopic (exact) mass is 322 g/mol. The Kier molecular flexibility index (Phi) is 4.77. The number of benzene rings is 1. The van der Waals surface area contributed by atoms with E-state index in [-0.39, 0.29) is 23.5 Å². The van der Waals surface area contributed by atoms with Gasteiger partial charge in [0, 0.05) is 17.9 Å². The molecule has 2 rings (SSSR count). The van der Waals surface area contributed by atoms with Crippen molar-refractivity contribution in [3.05, 3.63) is 24.3 Å². The van der Waals surface area contributed by atoms with Gasteiger partial charge in [0.05, 0.1) is 11.4 Å². The molecule has 1 aromatic rings. The van der Waals surface area contributed by atoms with E-state index in [1.807, 2.05) is 0 Å². The van der Waals surface area contributed by atoms with E-state index in [1.165, 1.54) is 12.1 Å². The van der Waals surface area contributed by atoms with E-state index in [4.69, 9.17) is 0 Å². The van der Waals surface area contributed by atoms with Crippen LogP contribution in [0.3, 0.4) is 0 Å². The highest BCUT2D eigenvalue weighted by atomic mass is 32.2. The number of carbonyl (C=O) groups is 1. The molecule has 3 nitrogen and oxygen atoms in total. The summed E-state index contributed by atoms with van der Waals surface area (Å²) in [5, 5.41) is 5.14. The molecule has 1 fully saturated rings. The molecule has 0 radical (unpaired) electrons. The van der Waals surface area contributed by atoms with Gasteiger partial charge in [0.15, 0.2) is 0 Å². The number of anilines is 1. The molecule has 1 heterocycles. The number of para-hydroxylation sites is 1. The second kappa shape index (κ2) is 6.23. The second-order valence-corrected chi connectivity index (χ2v) is 5.76. The fourth-order valence-corrected chi connectivity index (χ4v) is 2.71. The first-order valence-electron chi connectivity index (χ1n) is 6.30. The van der Waals surface area contributed by atoms with E-state index in [0.29, 0.717) is 18.3 Å². The molecular formula is C13H14F4N2OS. The normalized spacial score (nSPS) is 22.3. The Morgan fingerprint density at radius 1 is 1.38 bits per heavy atom. The Balaban J connectivity index is 2.07. The lowest BCUT2D eigenvalue weighted by molar-refractivity contribution is -0.126. The molecule has 2 N–H and O–H groups in total. The van der Waals surface area contributed by atoms with Gasteiger partial charge in [-0.2, -0.15) is 13.2 Å². The summed E-state index contributed by atoms with van der Waals surface area (Å²) in [6.07, 6.45) is -4.25. The number of nitrogens with one attached hydrogen (secondary N) is 2. The van der Waals surface area contributed by atoms with Crippen molar-refractivity contribution in [1.82, 2.24) is 5.32 Å². The Hall–Kier alpha value is -1.28. The molecule has 1 aromatic carbocycles. The summed E-state index contributed by atoms with van der Waals surface area (Å²) >= 11 is 0.560. The topological polar surface area (TPSA) is 41.1 Å². The number of thioether (sulfide) groups is 1. The average molecular weight is 322 g/mol. The molecule has 8 heteroatoms. The second-order valence-electron chi connectivity index (χ2n) is 4.75. The number of hydrogen-bond acceptors (Lipinski definition) is 3. The van der Waals surface area contributed by atoms with Crippen molar-refractivity contribution in [3.8, 4) is 0 Å². The zero-order valence-electron chi connectivity index (χ0n) is 11.0. The molecule has 1 aliphatic rings. The van der Waals surface area contributed by atoms with Crippen LogP contribution in [0.4, 0.5) is 23.2 Å². The van der Waals surface area contributed by atoms with Gasteiger partial charge < -0.3 is 10.6 Å². The van der Waals surface area contributed by atoms with Crippen molar-refractivity contribution in [2.24, 2.45) is 0 Å². The average Bonchev–Trinajstić information content (AvgIpc) is 2.85. The smallest absolute Gasteiger partial charge is 0.322 e. The number of halogens is 4. The molecule has 0 aliphatic carbocycles. The Labute approximate surface area is 123 Å². The SMILES string of the molecule is O=C(Nc1ccccc1SCC(F)(F)F)[C@]1(F)CCNC1. The van der Waals surface area contributed by atoms with Crippen LogP contribution in [-0.2, 0) is 4.79 Å².